The monoisotopic (exact) mass is 363 g/mol. The second-order valence-electron chi connectivity index (χ2n) is 6.38. The summed E-state index contributed by atoms with van der Waals surface area (Å²) in [6, 6.07) is 18.7. The summed E-state index contributed by atoms with van der Waals surface area (Å²) in [6.07, 6.45) is 0.956. The number of nitrogens with zero attached hydrogens (tertiary/aromatic N) is 3. The number of benzene rings is 2. The molecule has 0 radical (unpaired) electrons. The molecule has 0 saturated heterocycles. The van der Waals surface area contributed by atoms with E-state index in [9.17, 15) is 0 Å². The van der Waals surface area contributed by atoms with Crippen LogP contribution in [0.25, 0.3) is 16.6 Å². The Kier molecular flexibility index (Phi) is 4.80. The van der Waals surface area contributed by atoms with Crippen molar-refractivity contribution < 1.29 is 4.74 Å². The van der Waals surface area contributed by atoms with Gasteiger partial charge in [0.25, 0.3) is 0 Å². The van der Waals surface area contributed by atoms with Crippen LogP contribution in [-0.4, -0.2) is 27.0 Å². The van der Waals surface area contributed by atoms with Crippen LogP contribution in [0.4, 0.5) is 0 Å². The first-order valence-corrected chi connectivity index (χ1v) is 9.77. The zero-order valence-corrected chi connectivity index (χ0v) is 15.8. The summed E-state index contributed by atoms with van der Waals surface area (Å²) in [5.74, 6) is 1.87. The Morgan fingerprint density at radius 1 is 1.00 bits per heavy atom. The molecule has 0 spiro atoms. The van der Waals surface area contributed by atoms with Gasteiger partial charge in [-0.3, -0.25) is 4.40 Å². The average molecular weight is 363 g/mol. The molecule has 0 saturated carbocycles. The smallest absolute Gasteiger partial charge is 0.196 e. The highest BCUT2D eigenvalue weighted by atomic mass is 32.2. The molecule has 4 nitrogen and oxygen atoms in total. The maximum atomic E-state index is 5.80. The number of thioether (sulfide) groups is 1. The van der Waals surface area contributed by atoms with Crippen molar-refractivity contribution in [3.63, 3.8) is 0 Å². The fourth-order valence-corrected chi connectivity index (χ4v) is 3.88. The van der Waals surface area contributed by atoms with Crippen LogP contribution in [0.5, 0.6) is 5.75 Å². The number of hydrogen-bond donors (Lipinski definition) is 0. The van der Waals surface area contributed by atoms with Gasteiger partial charge in [0.2, 0.25) is 0 Å². The lowest BCUT2D eigenvalue weighted by atomic mass is 10.1. The van der Waals surface area contributed by atoms with Crippen LogP contribution < -0.4 is 4.74 Å². The highest BCUT2D eigenvalue weighted by molar-refractivity contribution is 7.99. The van der Waals surface area contributed by atoms with Gasteiger partial charge in [-0.1, -0.05) is 47.7 Å². The summed E-state index contributed by atoms with van der Waals surface area (Å²) in [7, 11) is 0. The molecule has 5 heteroatoms. The number of ether oxygens (including phenoxy) is 1. The SMILES string of the molecule is Cc1ccc(OCCCSc2nnc3cc(C)c4ccccc4n23)cc1. The third kappa shape index (κ3) is 3.40. The Hall–Kier alpha value is -2.53. The van der Waals surface area contributed by atoms with Crippen molar-refractivity contribution in [1.29, 1.82) is 0 Å². The Balaban J connectivity index is 1.43. The second-order valence-corrected chi connectivity index (χ2v) is 7.45. The van der Waals surface area contributed by atoms with Crippen LogP contribution in [0.15, 0.2) is 59.8 Å². The van der Waals surface area contributed by atoms with E-state index in [1.54, 1.807) is 11.8 Å². The molecule has 4 rings (SSSR count). The van der Waals surface area contributed by atoms with Crippen molar-refractivity contribution in [3.05, 3.63) is 65.7 Å². The van der Waals surface area contributed by atoms with Gasteiger partial charge < -0.3 is 4.74 Å². The van der Waals surface area contributed by atoms with E-state index < -0.39 is 0 Å². The lowest BCUT2D eigenvalue weighted by molar-refractivity contribution is 0.318. The number of hydrogen-bond acceptors (Lipinski definition) is 4. The fraction of sp³-hybridized carbons (Fsp3) is 0.238. The van der Waals surface area contributed by atoms with Crippen LogP contribution in [0, 0.1) is 13.8 Å². The summed E-state index contributed by atoms with van der Waals surface area (Å²) in [5.41, 5.74) is 4.53. The van der Waals surface area contributed by atoms with E-state index in [4.69, 9.17) is 4.74 Å². The molecule has 0 N–H and O–H groups in total. The zero-order valence-electron chi connectivity index (χ0n) is 15.0. The standard InChI is InChI=1S/C21H21N3OS/c1-15-8-10-17(11-9-15)25-12-5-13-26-21-23-22-20-14-16(2)18-6-3-4-7-19(18)24(20)21/h3-4,6-11,14H,5,12-13H2,1-2H3. The number of fused-ring (bicyclic) bond motifs is 3. The van der Waals surface area contributed by atoms with Gasteiger partial charge in [-0.25, -0.2) is 0 Å². The largest absolute Gasteiger partial charge is 0.494 e. The van der Waals surface area contributed by atoms with Crippen molar-refractivity contribution in [2.75, 3.05) is 12.4 Å². The van der Waals surface area contributed by atoms with E-state index in [1.807, 2.05) is 12.1 Å². The molecule has 132 valence electrons. The third-order valence-electron chi connectivity index (χ3n) is 4.38. The maximum absolute atomic E-state index is 5.80. The van der Waals surface area contributed by atoms with Crippen molar-refractivity contribution in [1.82, 2.24) is 14.6 Å². The summed E-state index contributed by atoms with van der Waals surface area (Å²) in [5, 5.41) is 10.9. The molecule has 0 bridgehead atoms. The fourth-order valence-electron chi connectivity index (χ4n) is 3.02. The minimum atomic E-state index is 0.701. The summed E-state index contributed by atoms with van der Waals surface area (Å²) in [4.78, 5) is 0. The van der Waals surface area contributed by atoms with E-state index in [-0.39, 0.29) is 0 Å². The molecule has 2 heterocycles. The van der Waals surface area contributed by atoms with Gasteiger partial charge in [-0.15, -0.1) is 10.2 Å². The molecule has 0 fully saturated rings. The van der Waals surface area contributed by atoms with Gasteiger partial charge in [-0.05, 0) is 50.1 Å². The van der Waals surface area contributed by atoms with Gasteiger partial charge in [0.05, 0.1) is 12.1 Å². The minimum absolute atomic E-state index is 0.701. The number of para-hydroxylation sites is 1. The van der Waals surface area contributed by atoms with E-state index in [0.29, 0.717) is 6.61 Å². The molecule has 0 aliphatic rings. The summed E-state index contributed by atoms with van der Waals surface area (Å²) < 4.78 is 7.94. The van der Waals surface area contributed by atoms with Crippen LogP contribution in [-0.2, 0) is 0 Å². The Morgan fingerprint density at radius 3 is 2.65 bits per heavy atom. The first-order valence-electron chi connectivity index (χ1n) is 8.78. The van der Waals surface area contributed by atoms with Crippen molar-refractivity contribution >= 4 is 28.3 Å². The average Bonchev–Trinajstić information content (AvgIpc) is 3.06. The van der Waals surface area contributed by atoms with Crippen LogP contribution >= 0.6 is 11.8 Å². The summed E-state index contributed by atoms with van der Waals surface area (Å²) in [6.45, 7) is 4.90. The van der Waals surface area contributed by atoms with Crippen LogP contribution in [0.1, 0.15) is 17.5 Å². The molecule has 26 heavy (non-hydrogen) atoms. The topological polar surface area (TPSA) is 39.4 Å². The van der Waals surface area contributed by atoms with E-state index >= 15 is 0 Å². The number of aromatic nitrogens is 3. The predicted molar refractivity (Wildman–Crippen MR) is 107 cm³/mol. The van der Waals surface area contributed by atoms with E-state index in [1.165, 1.54) is 16.5 Å². The lowest BCUT2D eigenvalue weighted by Crippen LogP contribution is -1.99. The molecule has 2 aromatic heterocycles. The van der Waals surface area contributed by atoms with E-state index in [2.05, 4.69) is 70.9 Å². The molecule has 4 aromatic rings. The van der Waals surface area contributed by atoms with Crippen LogP contribution in [0.2, 0.25) is 0 Å². The van der Waals surface area contributed by atoms with Gasteiger partial charge in [0, 0.05) is 11.1 Å². The zero-order chi connectivity index (χ0) is 17.9. The molecule has 0 amide bonds. The lowest BCUT2D eigenvalue weighted by Gasteiger charge is -2.08. The Morgan fingerprint density at radius 2 is 1.81 bits per heavy atom. The Bertz CT molecular complexity index is 1040. The third-order valence-corrected chi connectivity index (χ3v) is 5.40. The molecular weight excluding hydrogens is 342 g/mol. The quantitative estimate of drug-likeness (QED) is 0.354. The first kappa shape index (κ1) is 16.9. The Labute approximate surface area is 157 Å². The van der Waals surface area contributed by atoms with Crippen molar-refractivity contribution in [2.24, 2.45) is 0 Å². The minimum Gasteiger partial charge on any atom is -0.494 e. The molecule has 0 aliphatic carbocycles. The van der Waals surface area contributed by atoms with Gasteiger partial charge in [0.15, 0.2) is 10.8 Å². The molecule has 0 unspecified atom stereocenters. The van der Waals surface area contributed by atoms with Crippen molar-refractivity contribution in [3.8, 4) is 5.75 Å². The summed E-state index contributed by atoms with van der Waals surface area (Å²) >= 11 is 1.72. The number of rotatable bonds is 6. The van der Waals surface area contributed by atoms with Crippen molar-refractivity contribution in [2.45, 2.75) is 25.4 Å². The molecule has 0 atom stereocenters. The molecule has 2 aromatic carbocycles. The first-order chi connectivity index (χ1) is 12.7. The normalized spacial score (nSPS) is 11.3. The van der Waals surface area contributed by atoms with Crippen LogP contribution in [0.3, 0.4) is 0 Å². The van der Waals surface area contributed by atoms with Gasteiger partial charge >= 0.3 is 0 Å². The maximum Gasteiger partial charge on any atom is 0.196 e. The second kappa shape index (κ2) is 7.38. The number of pyridine rings is 1. The highest BCUT2D eigenvalue weighted by Crippen LogP contribution is 2.26. The molecule has 0 aliphatic heterocycles. The predicted octanol–water partition coefficient (Wildman–Crippen LogP) is 5.06. The highest BCUT2D eigenvalue weighted by Gasteiger charge is 2.11. The van der Waals surface area contributed by atoms with E-state index in [0.717, 1.165) is 34.2 Å². The van der Waals surface area contributed by atoms with Gasteiger partial charge in [0.1, 0.15) is 5.75 Å². The van der Waals surface area contributed by atoms with Gasteiger partial charge in [-0.2, -0.15) is 0 Å². The number of aryl methyl sites for hydroxylation is 2. The molecular formula is C21H21N3OS.